The Morgan fingerprint density at radius 2 is 2.00 bits per heavy atom. The highest BCUT2D eigenvalue weighted by molar-refractivity contribution is 6.29. The fraction of sp³-hybridized carbons (Fsp3) is 0.833. The van der Waals surface area contributed by atoms with Gasteiger partial charge in [0.15, 0.2) is 0 Å². The number of likely N-dealkylation sites (tertiary alicyclic amines) is 1. The fourth-order valence-corrected chi connectivity index (χ4v) is 3.97. The van der Waals surface area contributed by atoms with Gasteiger partial charge in [-0.05, 0) is 58.8 Å². The lowest BCUT2D eigenvalue weighted by Gasteiger charge is -2.41. The van der Waals surface area contributed by atoms with Crippen molar-refractivity contribution in [1.29, 1.82) is 0 Å². The van der Waals surface area contributed by atoms with Crippen LogP contribution in [-0.2, 0) is 4.74 Å². The standard InChI is InChI=1S/C18H31ClN2O2/c1-13(19)12-20-15-9-7-8-14(15)16-10-5-6-11-21(16)17(22)23-18(2,3)4/h14-16,20H,1,5-12H2,2-4H3. The van der Waals surface area contributed by atoms with Gasteiger partial charge >= 0.3 is 6.09 Å². The summed E-state index contributed by atoms with van der Waals surface area (Å²) in [6.07, 6.45) is 6.69. The zero-order valence-electron chi connectivity index (χ0n) is 14.7. The summed E-state index contributed by atoms with van der Waals surface area (Å²) >= 11 is 5.90. The third-order valence-corrected chi connectivity index (χ3v) is 4.93. The maximum atomic E-state index is 12.6. The topological polar surface area (TPSA) is 41.6 Å². The first-order valence-electron chi connectivity index (χ1n) is 8.84. The number of piperidine rings is 1. The molecule has 0 bridgehead atoms. The molecule has 1 saturated carbocycles. The number of nitrogens with zero attached hydrogens (tertiary/aromatic N) is 1. The summed E-state index contributed by atoms with van der Waals surface area (Å²) < 4.78 is 5.63. The van der Waals surface area contributed by atoms with Gasteiger partial charge in [-0.1, -0.05) is 24.6 Å². The summed E-state index contributed by atoms with van der Waals surface area (Å²) in [6, 6.07) is 0.695. The van der Waals surface area contributed by atoms with Crippen LogP contribution in [0.4, 0.5) is 4.79 Å². The van der Waals surface area contributed by atoms with Crippen LogP contribution in [0.2, 0.25) is 0 Å². The molecule has 1 aliphatic carbocycles. The molecule has 1 amide bonds. The van der Waals surface area contributed by atoms with Crippen molar-refractivity contribution in [3.05, 3.63) is 11.6 Å². The monoisotopic (exact) mass is 342 g/mol. The van der Waals surface area contributed by atoms with Gasteiger partial charge in [-0.25, -0.2) is 4.79 Å². The minimum atomic E-state index is -0.442. The first-order chi connectivity index (χ1) is 10.8. The summed E-state index contributed by atoms with van der Waals surface area (Å²) in [7, 11) is 0. The van der Waals surface area contributed by atoms with E-state index >= 15 is 0 Å². The van der Waals surface area contributed by atoms with Crippen LogP contribution in [-0.4, -0.2) is 41.8 Å². The molecule has 3 atom stereocenters. The average molecular weight is 343 g/mol. The van der Waals surface area contributed by atoms with Gasteiger partial charge in [0.1, 0.15) is 5.60 Å². The first kappa shape index (κ1) is 18.6. The smallest absolute Gasteiger partial charge is 0.410 e. The van der Waals surface area contributed by atoms with E-state index in [-0.39, 0.29) is 12.1 Å². The third-order valence-electron chi connectivity index (χ3n) is 4.80. The highest BCUT2D eigenvalue weighted by Crippen LogP contribution is 2.36. The Bertz CT molecular complexity index is 433. The summed E-state index contributed by atoms with van der Waals surface area (Å²) in [6.45, 7) is 11.0. The van der Waals surface area contributed by atoms with Crippen LogP contribution < -0.4 is 5.32 Å². The SMILES string of the molecule is C=C(Cl)CNC1CCCC1C1CCCCN1C(=O)OC(C)(C)C. The Hall–Kier alpha value is -0.740. The molecule has 5 heteroatoms. The Balaban J connectivity index is 2.04. The number of hydrogen-bond acceptors (Lipinski definition) is 3. The van der Waals surface area contributed by atoms with E-state index in [2.05, 4.69) is 11.9 Å². The average Bonchev–Trinajstić information content (AvgIpc) is 2.91. The van der Waals surface area contributed by atoms with Crippen molar-refractivity contribution in [2.75, 3.05) is 13.1 Å². The summed E-state index contributed by atoms with van der Waals surface area (Å²) in [5.74, 6) is 0.485. The van der Waals surface area contributed by atoms with Crippen molar-refractivity contribution in [2.24, 2.45) is 5.92 Å². The molecule has 0 aromatic rings. The van der Waals surface area contributed by atoms with Crippen molar-refractivity contribution < 1.29 is 9.53 Å². The second kappa shape index (κ2) is 7.89. The molecule has 0 spiro atoms. The zero-order valence-corrected chi connectivity index (χ0v) is 15.5. The van der Waals surface area contributed by atoms with Gasteiger partial charge in [0, 0.05) is 30.2 Å². The number of carbonyl (C=O) groups is 1. The summed E-state index contributed by atoms with van der Waals surface area (Å²) in [5, 5.41) is 4.17. The van der Waals surface area contributed by atoms with E-state index in [4.69, 9.17) is 16.3 Å². The molecule has 2 fully saturated rings. The van der Waals surface area contributed by atoms with Gasteiger partial charge in [0.2, 0.25) is 0 Å². The van der Waals surface area contributed by atoms with Crippen LogP contribution in [0.1, 0.15) is 59.3 Å². The van der Waals surface area contributed by atoms with E-state index in [0.29, 0.717) is 23.5 Å². The molecule has 0 aromatic heterocycles. The highest BCUT2D eigenvalue weighted by Gasteiger charge is 2.40. The lowest BCUT2D eigenvalue weighted by molar-refractivity contribution is -0.00000567. The quantitative estimate of drug-likeness (QED) is 0.828. The zero-order chi connectivity index (χ0) is 17.0. The maximum absolute atomic E-state index is 12.6. The maximum Gasteiger partial charge on any atom is 0.410 e. The van der Waals surface area contributed by atoms with Crippen LogP contribution in [0.5, 0.6) is 0 Å². The van der Waals surface area contributed by atoms with Crippen molar-refractivity contribution in [3.63, 3.8) is 0 Å². The molecule has 1 aliphatic heterocycles. The number of ether oxygens (including phenoxy) is 1. The van der Waals surface area contributed by atoms with Gasteiger partial charge < -0.3 is 15.0 Å². The third kappa shape index (κ3) is 5.39. The summed E-state index contributed by atoms with van der Waals surface area (Å²) in [4.78, 5) is 14.6. The first-order valence-corrected chi connectivity index (χ1v) is 9.22. The molecule has 132 valence electrons. The minimum absolute atomic E-state index is 0.158. The second-order valence-corrected chi connectivity index (χ2v) is 8.37. The van der Waals surface area contributed by atoms with Crippen LogP contribution in [0.15, 0.2) is 11.6 Å². The van der Waals surface area contributed by atoms with Crippen LogP contribution in [0.25, 0.3) is 0 Å². The number of rotatable bonds is 4. The van der Waals surface area contributed by atoms with Crippen molar-refractivity contribution >= 4 is 17.7 Å². The molecule has 1 heterocycles. The molecule has 0 aromatic carbocycles. The molecule has 3 unspecified atom stereocenters. The van der Waals surface area contributed by atoms with E-state index in [1.165, 1.54) is 12.8 Å². The van der Waals surface area contributed by atoms with Crippen LogP contribution in [0, 0.1) is 5.92 Å². The molecule has 23 heavy (non-hydrogen) atoms. The summed E-state index contributed by atoms with van der Waals surface area (Å²) in [5.41, 5.74) is -0.442. The van der Waals surface area contributed by atoms with Gasteiger partial charge in [-0.15, -0.1) is 0 Å². The molecular weight excluding hydrogens is 312 g/mol. The van der Waals surface area contributed by atoms with E-state index in [0.717, 1.165) is 32.2 Å². The lowest BCUT2D eigenvalue weighted by atomic mass is 9.87. The van der Waals surface area contributed by atoms with Crippen LogP contribution in [0.3, 0.4) is 0 Å². The van der Waals surface area contributed by atoms with E-state index < -0.39 is 5.60 Å². The van der Waals surface area contributed by atoms with E-state index in [1.54, 1.807) is 0 Å². The fourth-order valence-electron chi connectivity index (χ4n) is 3.89. The number of amides is 1. The molecule has 2 aliphatic rings. The molecule has 4 nitrogen and oxygen atoms in total. The molecule has 1 N–H and O–H groups in total. The predicted octanol–water partition coefficient (Wildman–Crippen LogP) is 4.29. The number of hydrogen-bond donors (Lipinski definition) is 1. The van der Waals surface area contributed by atoms with Gasteiger partial charge in [-0.3, -0.25) is 0 Å². The van der Waals surface area contributed by atoms with Crippen molar-refractivity contribution in [1.82, 2.24) is 10.2 Å². The largest absolute Gasteiger partial charge is 0.444 e. The Morgan fingerprint density at radius 1 is 1.26 bits per heavy atom. The second-order valence-electron chi connectivity index (χ2n) is 7.84. The van der Waals surface area contributed by atoms with Gasteiger partial charge in [0.05, 0.1) is 0 Å². The molecule has 0 radical (unpaired) electrons. The number of nitrogens with one attached hydrogen (secondary N) is 1. The molecule has 1 saturated heterocycles. The Morgan fingerprint density at radius 3 is 2.65 bits per heavy atom. The Labute approximate surface area is 145 Å². The van der Waals surface area contributed by atoms with Crippen molar-refractivity contribution in [2.45, 2.75) is 77.0 Å². The van der Waals surface area contributed by atoms with Crippen molar-refractivity contribution in [3.8, 4) is 0 Å². The molecular formula is C18H31ClN2O2. The molecule has 2 rings (SSSR count). The van der Waals surface area contributed by atoms with Crippen LogP contribution >= 0.6 is 11.6 Å². The number of halogens is 1. The van der Waals surface area contributed by atoms with E-state index in [1.807, 2.05) is 25.7 Å². The highest BCUT2D eigenvalue weighted by atomic mass is 35.5. The normalized spacial score (nSPS) is 28.7. The van der Waals surface area contributed by atoms with Gasteiger partial charge in [0.25, 0.3) is 0 Å². The Kier molecular flexibility index (Phi) is 6.38. The van der Waals surface area contributed by atoms with Gasteiger partial charge in [-0.2, -0.15) is 0 Å². The number of carbonyl (C=O) groups excluding carboxylic acids is 1. The minimum Gasteiger partial charge on any atom is -0.444 e. The van der Waals surface area contributed by atoms with E-state index in [9.17, 15) is 4.79 Å². The lowest BCUT2D eigenvalue weighted by Crippen LogP contribution is -2.52. The predicted molar refractivity (Wildman–Crippen MR) is 94.7 cm³/mol.